The number of carbonyl (C=O) groups excluding carboxylic acids is 1. The summed E-state index contributed by atoms with van der Waals surface area (Å²) in [6.45, 7) is 14.3. The Kier molecular flexibility index (Phi) is 8.07. The molecule has 7 nitrogen and oxygen atoms in total. The molecule has 1 saturated carbocycles. The van der Waals surface area contributed by atoms with Gasteiger partial charge in [-0.3, -0.25) is 4.79 Å². The fourth-order valence-corrected chi connectivity index (χ4v) is 7.27. The molecule has 2 aromatic rings. The standard InChI is InChI=1S/C32H39F3N4O3/c1-29(2)27(30(3,4)28(29)42-24-10-9-23(17-36)25(15-24)32(33,34)35)38-26(40)22-7-5-21(6-8-22)16-31(19-41-20-31)18-39-13-11-37-12-14-39/h5-10,15,27-28,37H,11-14,16,18-20H2,1-4H3,(H,38,40). The Balaban J connectivity index is 1.22. The minimum Gasteiger partial charge on any atom is -0.489 e. The van der Waals surface area contributed by atoms with Crippen molar-refractivity contribution >= 4 is 5.91 Å². The first-order valence-corrected chi connectivity index (χ1v) is 14.4. The minimum absolute atomic E-state index is 0.0411. The fraction of sp³-hybridized carbons (Fsp3) is 0.562. The molecule has 0 aromatic heterocycles. The number of benzene rings is 2. The van der Waals surface area contributed by atoms with Gasteiger partial charge in [0.05, 0.1) is 30.4 Å². The lowest BCUT2D eigenvalue weighted by Gasteiger charge is -2.63. The lowest BCUT2D eigenvalue weighted by Crippen LogP contribution is -2.74. The Morgan fingerprint density at radius 3 is 2.29 bits per heavy atom. The van der Waals surface area contributed by atoms with Gasteiger partial charge in [-0.25, -0.2) is 0 Å². The van der Waals surface area contributed by atoms with Crippen LogP contribution in [0.15, 0.2) is 42.5 Å². The van der Waals surface area contributed by atoms with Crippen molar-refractivity contribution in [3.8, 4) is 11.8 Å². The van der Waals surface area contributed by atoms with Crippen LogP contribution in [0.2, 0.25) is 0 Å². The van der Waals surface area contributed by atoms with E-state index in [9.17, 15) is 18.0 Å². The number of piperazine rings is 1. The largest absolute Gasteiger partial charge is 0.489 e. The summed E-state index contributed by atoms with van der Waals surface area (Å²) in [5.41, 5.74) is -0.774. The van der Waals surface area contributed by atoms with Crippen molar-refractivity contribution in [1.82, 2.24) is 15.5 Å². The van der Waals surface area contributed by atoms with Gasteiger partial charge in [0.25, 0.3) is 5.91 Å². The summed E-state index contributed by atoms with van der Waals surface area (Å²) in [5.74, 6) is -0.161. The molecule has 1 aliphatic carbocycles. The van der Waals surface area contributed by atoms with E-state index in [2.05, 4.69) is 15.5 Å². The summed E-state index contributed by atoms with van der Waals surface area (Å²) >= 11 is 0. The molecule has 1 amide bonds. The van der Waals surface area contributed by atoms with Gasteiger partial charge in [-0.1, -0.05) is 39.8 Å². The molecule has 2 heterocycles. The van der Waals surface area contributed by atoms with E-state index in [1.807, 2.05) is 52.0 Å². The van der Waals surface area contributed by atoms with Crippen LogP contribution in [0.4, 0.5) is 13.2 Å². The molecule has 2 aromatic carbocycles. The summed E-state index contributed by atoms with van der Waals surface area (Å²) in [5, 5.41) is 15.6. The second-order valence-electron chi connectivity index (χ2n) is 13.3. The first-order chi connectivity index (χ1) is 19.7. The lowest BCUT2D eigenvalue weighted by molar-refractivity contribution is -0.164. The smallest absolute Gasteiger partial charge is 0.417 e. The topological polar surface area (TPSA) is 86.6 Å². The number of ether oxygens (including phenoxy) is 2. The van der Waals surface area contributed by atoms with Gasteiger partial charge in [0, 0.05) is 60.6 Å². The normalized spacial score (nSPS) is 24.5. The zero-order chi connectivity index (χ0) is 30.3. The van der Waals surface area contributed by atoms with E-state index in [1.54, 1.807) is 6.07 Å². The fourth-order valence-electron chi connectivity index (χ4n) is 7.27. The third-order valence-electron chi connectivity index (χ3n) is 9.17. The zero-order valence-corrected chi connectivity index (χ0v) is 24.6. The molecule has 42 heavy (non-hydrogen) atoms. The Bertz CT molecular complexity index is 1320. The Labute approximate surface area is 245 Å². The molecule has 3 fully saturated rings. The van der Waals surface area contributed by atoms with Crippen LogP contribution in [0.5, 0.6) is 5.75 Å². The van der Waals surface area contributed by atoms with Gasteiger partial charge < -0.3 is 25.0 Å². The zero-order valence-electron chi connectivity index (χ0n) is 24.6. The van der Waals surface area contributed by atoms with Crippen molar-refractivity contribution in [3.63, 3.8) is 0 Å². The number of nitrogens with zero attached hydrogens (tertiary/aromatic N) is 2. The maximum absolute atomic E-state index is 13.5. The van der Waals surface area contributed by atoms with Crippen LogP contribution >= 0.6 is 0 Å². The van der Waals surface area contributed by atoms with Crippen LogP contribution in [-0.2, 0) is 17.3 Å². The average molecular weight is 585 g/mol. The van der Waals surface area contributed by atoms with Crippen molar-refractivity contribution in [2.75, 3.05) is 45.9 Å². The van der Waals surface area contributed by atoms with Gasteiger partial charge in [-0.05, 0) is 42.3 Å². The average Bonchev–Trinajstić information content (AvgIpc) is 2.93. The first kappa shape index (κ1) is 30.3. The second-order valence-corrected chi connectivity index (χ2v) is 13.3. The van der Waals surface area contributed by atoms with Gasteiger partial charge in [-0.2, -0.15) is 18.4 Å². The van der Waals surface area contributed by atoms with Crippen LogP contribution in [0, 0.1) is 27.6 Å². The van der Waals surface area contributed by atoms with E-state index in [0.29, 0.717) is 5.56 Å². The third kappa shape index (κ3) is 5.87. The molecular formula is C32H39F3N4O3. The van der Waals surface area contributed by atoms with Gasteiger partial charge in [-0.15, -0.1) is 0 Å². The molecule has 3 aliphatic rings. The maximum atomic E-state index is 13.5. The minimum atomic E-state index is -4.67. The van der Waals surface area contributed by atoms with E-state index in [4.69, 9.17) is 14.7 Å². The number of alkyl halides is 3. The molecule has 0 radical (unpaired) electrons. The van der Waals surface area contributed by atoms with E-state index in [-0.39, 0.29) is 23.1 Å². The number of amides is 1. The molecule has 2 aliphatic heterocycles. The first-order valence-electron chi connectivity index (χ1n) is 14.4. The van der Waals surface area contributed by atoms with E-state index < -0.39 is 34.2 Å². The molecule has 2 N–H and O–H groups in total. The highest BCUT2D eigenvalue weighted by atomic mass is 19.4. The molecule has 0 bridgehead atoms. The van der Waals surface area contributed by atoms with Crippen molar-refractivity contribution in [3.05, 3.63) is 64.7 Å². The monoisotopic (exact) mass is 584 g/mol. The quantitative estimate of drug-likeness (QED) is 0.470. The van der Waals surface area contributed by atoms with Crippen LogP contribution in [0.1, 0.15) is 54.7 Å². The number of rotatable bonds is 8. The Morgan fingerprint density at radius 1 is 1.10 bits per heavy atom. The van der Waals surface area contributed by atoms with Gasteiger partial charge >= 0.3 is 6.18 Å². The second kappa shape index (κ2) is 11.2. The Morgan fingerprint density at radius 2 is 1.74 bits per heavy atom. The number of nitriles is 1. The van der Waals surface area contributed by atoms with Gasteiger partial charge in [0.1, 0.15) is 11.9 Å². The van der Waals surface area contributed by atoms with Crippen molar-refractivity contribution in [2.24, 2.45) is 16.2 Å². The number of hydrogen-bond acceptors (Lipinski definition) is 6. The summed E-state index contributed by atoms with van der Waals surface area (Å²) in [7, 11) is 0. The van der Waals surface area contributed by atoms with Crippen LogP contribution in [0.3, 0.4) is 0 Å². The summed E-state index contributed by atoms with van der Waals surface area (Å²) in [4.78, 5) is 15.8. The molecule has 5 rings (SSSR count). The molecule has 10 heteroatoms. The van der Waals surface area contributed by atoms with Crippen molar-refractivity contribution in [1.29, 1.82) is 5.26 Å². The Hall–Kier alpha value is -3.13. The van der Waals surface area contributed by atoms with Crippen LogP contribution in [0.25, 0.3) is 0 Å². The number of halogens is 3. The molecule has 0 spiro atoms. The predicted molar refractivity (Wildman–Crippen MR) is 152 cm³/mol. The number of carbonyl (C=O) groups is 1. The van der Waals surface area contributed by atoms with Crippen molar-refractivity contribution < 1.29 is 27.4 Å². The highest BCUT2D eigenvalue weighted by molar-refractivity contribution is 5.94. The highest BCUT2D eigenvalue weighted by Crippen LogP contribution is 2.55. The maximum Gasteiger partial charge on any atom is 0.417 e. The van der Waals surface area contributed by atoms with Crippen molar-refractivity contribution in [2.45, 2.75) is 52.4 Å². The molecule has 0 unspecified atom stereocenters. The third-order valence-corrected chi connectivity index (χ3v) is 9.17. The van der Waals surface area contributed by atoms with E-state index >= 15 is 0 Å². The summed E-state index contributed by atoms with van der Waals surface area (Å²) in [6, 6.07) is 12.4. The van der Waals surface area contributed by atoms with Crippen LogP contribution in [-0.4, -0.2) is 68.9 Å². The summed E-state index contributed by atoms with van der Waals surface area (Å²) in [6.07, 6.45) is -4.24. The van der Waals surface area contributed by atoms with Crippen LogP contribution < -0.4 is 15.4 Å². The molecule has 0 atom stereocenters. The molecule has 226 valence electrons. The summed E-state index contributed by atoms with van der Waals surface area (Å²) < 4.78 is 52.1. The number of hydrogen-bond donors (Lipinski definition) is 2. The predicted octanol–water partition coefficient (Wildman–Crippen LogP) is 4.65. The SMILES string of the molecule is CC1(C)C(NC(=O)c2ccc(CC3(CN4CCNCC4)COC3)cc2)C(C)(C)C1Oc1ccc(C#N)c(C(F)(F)F)c1. The molecule has 2 saturated heterocycles. The lowest BCUT2D eigenvalue weighted by atomic mass is 9.49. The number of nitrogens with one attached hydrogen (secondary N) is 2. The van der Waals surface area contributed by atoms with E-state index in [0.717, 1.165) is 64.5 Å². The van der Waals surface area contributed by atoms with Gasteiger partial charge in [0.2, 0.25) is 0 Å². The van der Waals surface area contributed by atoms with E-state index in [1.165, 1.54) is 11.6 Å². The molecular weight excluding hydrogens is 545 g/mol. The highest BCUT2D eigenvalue weighted by Gasteiger charge is 2.64. The van der Waals surface area contributed by atoms with Gasteiger partial charge in [0.15, 0.2) is 0 Å².